The predicted molar refractivity (Wildman–Crippen MR) is 80.3 cm³/mol. The Labute approximate surface area is 122 Å². The highest BCUT2D eigenvalue weighted by Crippen LogP contribution is 2.44. The number of hydrogen-bond donors (Lipinski definition) is 2. The van der Waals surface area contributed by atoms with E-state index < -0.39 is 10.0 Å². The van der Waals surface area contributed by atoms with Gasteiger partial charge in [-0.3, -0.25) is 0 Å². The number of thiophene rings is 1. The second-order valence-electron chi connectivity index (χ2n) is 5.64. The maximum atomic E-state index is 12.5. The van der Waals surface area contributed by atoms with Gasteiger partial charge in [-0.2, -0.15) is 0 Å². The minimum absolute atomic E-state index is 0.109. The first-order valence-corrected chi connectivity index (χ1v) is 8.86. The van der Waals surface area contributed by atoms with Gasteiger partial charge in [-0.05, 0) is 24.3 Å². The molecule has 1 aromatic carbocycles. The normalized spacial score (nSPS) is 17.5. The second kappa shape index (κ2) is 4.80. The molecule has 0 saturated heterocycles. The summed E-state index contributed by atoms with van der Waals surface area (Å²) in [5, 5.41) is 10.1. The number of sulfonamides is 1. The number of aliphatic hydroxyl groups excluding tert-OH is 1. The smallest absolute Gasteiger partial charge is 0.242 e. The fourth-order valence-electron chi connectivity index (χ4n) is 2.20. The number of aliphatic hydroxyl groups is 1. The third kappa shape index (κ3) is 2.48. The number of benzene rings is 1. The highest BCUT2D eigenvalue weighted by Gasteiger charge is 2.38. The molecule has 0 bridgehead atoms. The fourth-order valence-corrected chi connectivity index (χ4v) is 5.20. The molecule has 3 rings (SSSR count). The maximum absolute atomic E-state index is 12.5. The molecule has 1 saturated carbocycles. The highest BCUT2D eigenvalue weighted by atomic mass is 32.2. The van der Waals surface area contributed by atoms with Crippen molar-refractivity contribution in [2.75, 3.05) is 6.54 Å². The van der Waals surface area contributed by atoms with Crippen molar-refractivity contribution in [2.45, 2.75) is 31.3 Å². The van der Waals surface area contributed by atoms with Gasteiger partial charge in [0.15, 0.2) is 0 Å². The zero-order valence-electron chi connectivity index (χ0n) is 11.2. The maximum Gasteiger partial charge on any atom is 0.242 e. The molecule has 1 aromatic heterocycles. The van der Waals surface area contributed by atoms with E-state index in [9.17, 15) is 13.5 Å². The Morgan fingerprint density at radius 3 is 2.70 bits per heavy atom. The molecule has 1 aliphatic carbocycles. The first-order valence-electron chi connectivity index (χ1n) is 6.56. The molecule has 20 heavy (non-hydrogen) atoms. The van der Waals surface area contributed by atoms with E-state index in [0.29, 0.717) is 16.8 Å². The topological polar surface area (TPSA) is 66.4 Å². The van der Waals surface area contributed by atoms with Crippen molar-refractivity contribution >= 4 is 31.4 Å². The molecule has 0 spiro atoms. The van der Waals surface area contributed by atoms with Crippen LogP contribution in [0, 0.1) is 5.41 Å². The van der Waals surface area contributed by atoms with E-state index in [0.717, 1.165) is 17.5 Å². The van der Waals surface area contributed by atoms with Crippen LogP contribution in [0.1, 0.15) is 24.6 Å². The van der Waals surface area contributed by atoms with Gasteiger partial charge in [-0.25, -0.2) is 13.1 Å². The summed E-state index contributed by atoms with van der Waals surface area (Å²) in [6.45, 7) is 2.28. The van der Waals surface area contributed by atoms with Gasteiger partial charge in [0, 0.05) is 16.6 Å². The Kier molecular flexibility index (Phi) is 3.36. The van der Waals surface area contributed by atoms with Gasteiger partial charge in [-0.1, -0.05) is 25.1 Å². The lowest BCUT2D eigenvalue weighted by molar-refractivity contribution is 0.283. The van der Waals surface area contributed by atoms with E-state index in [1.165, 1.54) is 11.3 Å². The molecule has 0 aliphatic heterocycles. The number of rotatable bonds is 5. The Balaban J connectivity index is 2.03. The largest absolute Gasteiger partial charge is 0.391 e. The third-order valence-corrected chi connectivity index (χ3v) is 6.64. The van der Waals surface area contributed by atoms with Crippen molar-refractivity contribution in [2.24, 2.45) is 5.41 Å². The SMILES string of the molecule is CC1(CNS(=O)(=O)c2c(CO)sc3ccccc23)CC1. The predicted octanol–water partition coefficient (Wildman–Crippen LogP) is 2.47. The molecule has 6 heteroatoms. The first-order chi connectivity index (χ1) is 9.45. The molecule has 1 aliphatic rings. The fraction of sp³-hybridized carbons (Fsp3) is 0.429. The molecular weight excluding hydrogens is 294 g/mol. The van der Waals surface area contributed by atoms with Crippen LogP contribution in [0.5, 0.6) is 0 Å². The van der Waals surface area contributed by atoms with Crippen LogP contribution in [0.25, 0.3) is 10.1 Å². The molecule has 0 atom stereocenters. The summed E-state index contributed by atoms with van der Waals surface area (Å²) in [7, 11) is -3.58. The van der Waals surface area contributed by atoms with Gasteiger partial charge in [0.25, 0.3) is 0 Å². The summed E-state index contributed by atoms with van der Waals surface area (Å²) in [5.41, 5.74) is 0.109. The third-order valence-electron chi connectivity index (χ3n) is 3.82. The van der Waals surface area contributed by atoms with Crippen molar-refractivity contribution in [3.63, 3.8) is 0 Å². The van der Waals surface area contributed by atoms with E-state index in [4.69, 9.17) is 0 Å². The van der Waals surface area contributed by atoms with E-state index >= 15 is 0 Å². The number of nitrogens with one attached hydrogen (secondary N) is 1. The summed E-state index contributed by atoms with van der Waals surface area (Å²) in [6, 6.07) is 7.35. The average molecular weight is 311 g/mol. The van der Waals surface area contributed by atoms with E-state index in [1.54, 1.807) is 6.07 Å². The van der Waals surface area contributed by atoms with Crippen LogP contribution in [0.2, 0.25) is 0 Å². The minimum atomic E-state index is -3.58. The van der Waals surface area contributed by atoms with Crippen molar-refractivity contribution in [1.82, 2.24) is 4.72 Å². The summed E-state index contributed by atoms with van der Waals surface area (Å²) in [5.74, 6) is 0. The van der Waals surface area contributed by atoms with Gasteiger partial charge in [0.1, 0.15) is 4.90 Å². The summed E-state index contributed by atoms with van der Waals surface area (Å²) < 4.78 is 28.7. The molecule has 1 fully saturated rings. The Bertz CT molecular complexity index is 745. The molecular formula is C14H17NO3S2. The molecule has 108 valence electrons. The van der Waals surface area contributed by atoms with E-state index in [-0.39, 0.29) is 16.9 Å². The van der Waals surface area contributed by atoms with Crippen LogP contribution in [0.4, 0.5) is 0 Å². The van der Waals surface area contributed by atoms with Crippen LogP contribution < -0.4 is 4.72 Å². The monoisotopic (exact) mass is 311 g/mol. The Hall–Kier alpha value is -0.950. The molecule has 0 amide bonds. The molecule has 0 unspecified atom stereocenters. The highest BCUT2D eigenvalue weighted by molar-refractivity contribution is 7.90. The summed E-state index contributed by atoms with van der Waals surface area (Å²) >= 11 is 1.33. The Morgan fingerprint density at radius 1 is 1.35 bits per heavy atom. The van der Waals surface area contributed by atoms with Gasteiger partial charge in [-0.15, -0.1) is 11.3 Å². The van der Waals surface area contributed by atoms with Gasteiger partial charge in [0.2, 0.25) is 10.0 Å². The summed E-state index contributed by atoms with van der Waals surface area (Å²) in [6.07, 6.45) is 2.12. The lowest BCUT2D eigenvalue weighted by Crippen LogP contribution is -2.29. The van der Waals surface area contributed by atoms with Crippen LogP contribution >= 0.6 is 11.3 Å². The van der Waals surface area contributed by atoms with Crippen LogP contribution in [0.3, 0.4) is 0 Å². The van der Waals surface area contributed by atoms with E-state index in [1.807, 2.05) is 18.2 Å². The average Bonchev–Trinajstić information content (AvgIpc) is 3.03. The number of hydrogen-bond acceptors (Lipinski definition) is 4. The van der Waals surface area contributed by atoms with Crippen molar-refractivity contribution in [3.8, 4) is 0 Å². The van der Waals surface area contributed by atoms with Crippen molar-refractivity contribution in [1.29, 1.82) is 0 Å². The first kappa shape index (κ1) is 14.0. The quantitative estimate of drug-likeness (QED) is 0.891. The lowest BCUT2D eigenvalue weighted by Gasteiger charge is -2.11. The molecule has 1 heterocycles. The molecule has 2 aromatic rings. The van der Waals surface area contributed by atoms with Crippen molar-refractivity contribution < 1.29 is 13.5 Å². The van der Waals surface area contributed by atoms with Crippen LogP contribution in [-0.2, 0) is 16.6 Å². The van der Waals surface area contributed by atoms with Crippen LogP contribution in [0.15, 0.2) is 29.2 Å². The zero-order valence-corrected chi connectivity index (χ0v) is 12.9. The molecule has 0 radical (unpaired) electrons. The van der Waals surface area contributed by atoms with Gasteiger partial charge >= 0.3 is 0 Å². The van der Waals surface area contributed by atoms with E-state index in [2.05, 4.69) is 11.6 Å². The standard InChI is InChI=1S/C14H17NO3S2/c1-14(6-7-14)9-15-20(17,18)13-10-4-2-3-5-11(10)19-12(13)8-16/h2-5,15-16H,6-9H2,1H3. The number of fused-ring (bicyclic) bond motifs is 1. The molecule has 4 nitrogen and oxygen atoms in total. The summed E-state index contributed by atoms with van der Waals surface area (Å²) in [4.78, 5) is 0.740. The van der Waals surface area contributed by atoms with Gasteiger partial charge in [0.05, 0.1) is 11.5 Å². The lowest BCUT2D eigenvalue weighted by atomic mass is 10.2. The second-order valence-corrected chi connectivity index (χ2v) is 8.48. The zero-order chi connectivity index (χ0) is 14.4. The minimum Gasteiger partial charge on any atom is -0.391 e. The van der Waals surface area contributed by atoms with Gasteiger partial charge < -0.3 is 5.11 Å². The van der Waals surface area contributed by atoms with Crippen LogP contribution in [-0.4, -0.2) is 20.1 Å². The Morgan fingerprint density at radius 2 is 2.05 bits per heavy atom. The van der Waals surface area contributed by atoms with Crippen molar-refractivity contribution in [3.05, 3.63) is 29.1 Å². The molecule has 2 N–H and O–H groups in total.